The van der Waals surface area contributed by atoms with E-state index in [1.807, 2.05) is 5.32 Å². The summed E-state index contributed by atoms with van der Waals surface area (Å²) in [6.45, 7) is -1.45. The standard InChI is InChI=1S/C16H12F4N4O/c1-24-14-12(7-22-24)11(15(25)21-8-16(18,19)20)6-13(23-14)9-3-2-4-10(17)5-9/h2-7H,8H2,1H3,(H,21,25). The van der Waals surface area contributed by atoms with Crippen LogP contribution in [-0.4, -0.2) is 33.4 Å². The van der Waals surface area contributed by atoms with Crippen LogP contribution in [0.15, 0.2) is 36.5 Å². The minimum Gasteiger partial charge on any atom is -0.343 e. The summed E-state index contributed by atoms with van der Waals surface area (Å²) < 4.78 is 51.9. The lowest BCUT2D eigenvalue weighted by Crippen LogP contribution is -2.33. The highest BCUT2D eigenvalue weighted by molar-refractivity contribution is 6.06. The van der Waals surface area contributed by atoms with Gasteiger partial charge in [-0.15, -0.1) is 0 Å². The second-order valence-electron chi connectivity index (χ2n) is 5.37. The van der Waals surface area contributed by atoms with Crippen molar-refractivity contribution in [2.75, 3.05) is 6.54 Å². The molecule has 9 heteroatoms. The van der Waals surface area contributed by atoms with Crippen LogP contribution in [0.2, 0.25) is 0 Å². The number of carbonyl (C=O) groups excluding carboxylic acids is 1. The minimum absolute atomic E-state index is 0.0124. The molecule has 0 fully saturated rings. The highest BCUT2D eigenvalue weighted by Crippen LogP contribution is 2.25. The van der Waals surface area contributed by atoms with Gasteiger partial charge in [-0.2, -0.15) is 18.3 Å². The van der Waals surface area contributed by atoms with Crippen molar-refractivity contribution in [1.29, 1.82) is 0 Å². The summed E-state index contributed by atoms with van der Waals surface area (Å²) in [5.74, 6) is -1.40. The molecule has 0 aliphatic heterocycles. The average Bonchev–Trinajstić information content (AvgIpc) is 2.92. The van der Waals surface area contributed by atoms with Gasteiger partial charge in [0.05, 0.1) is 22.8 Å². The monoisotopic (exact) mass is 352 g/mol. The quantitative estimate of drug-likeness (QED) is 0.737. The van der Waals surface area contributed by atoms with Crippen molar-refractivity contribution >= 4 is 16.9 Å². The third-order valence-corrected chi connectivity index (χ3v) is 3.52. The van der Waals surface area contributed by atoms with Crippen LogP contribution in [0.5, 0.6) is 0 Å². The number of halogens is 4. The van der Waals surface area contributed by atoms with Gasteiger partial charge in [0.25, 0.3) is 5.91 Å². The highest BCUT2D eigenvalue weighted by atomic mass is 19.4. The molecule has 0 spiro atoms. The van der Waals surface area contributed by atoms with Gasteiger partial charge in [-0.05, 0) is 18.2 Å². The summed E-state index contributed by atoms with van der Waals surface area (Å²) in [7, 11) is 1.59. The number of benzene rings is 1. The first kappa shape index (κ1) is 16.9. The van der Waals surface area contributed by atoms with Crippen molar-refractivity contribution in [1.82, 2.24) is 20.1 Å². The Kier molecular flexibility index (Phi) is 4.15. The molecule has 5 nitrogen and oxygen atoms in total. The van der Waals surface area contributed by atoms with E-state index in [1.165, 1.54) is 35.1 Å². The van der Waals surface area contributed by atoms with E-state index in [9.17, 15) is 22.4 Å². The lowest BCUT2D eigenvalue weighted by molar-refractivity contribution is -0.123. The predicted octanol–water partition coefficient (Wildman–Crippen LogP) is 3.07. The van der Waals surface area contributed by atoms with Crippen LogP contribution in [0.1, 0.15) is 10.4 Å². The summed E-state index contributed by atoms with van der Waals surface area (Å²) in [4.78, 5) is 16.5. The zero-order valence-electron chi connectivity index (χ0n) is 12.9. The SMILES string of the molecule is Cn1ncc2c(C(=O)NCC(F)(F)F)cc(-c3cccc(F)c3)nc21. The number of fused-ring (bicyclic) bond motifs is 1. The molecule has 0 aliphatic rings. The van der Waals surface area contributed by atoms with Gasteiger partial charge in [-0.1, -0.05) is 12.1 Å². The molecular weight excluding hydrogens is 340 g/mol. The van der Waals surface area contributed by atoms with Gasteiger partial charge in [-0.3, -0.25) is 9.48 Å². The molecule has 25 heavy (non-hydrogen) atoms. The number of hydrogen-bond acceptors (Lipinski definition) is 3. The Morgan fingerprint density at radius 1 is 1.28 bits per heavy atom. The van der Waals surface area contributed by atoms with Gasteiger partial charge < -0.3 is 5.32 Å². The van der Waals surface area contributed by atoms with Crippen molar-refractivity contribution in [3.05, 3.63) is 47.9 Å². The minimum atomic E-state index is -4.53. The Balaban J connectivity index is 2.09. The van der Waals surface area contributed by atoms with E-state index in [1.54, 1.807) is 13.1 Å². The predicted molar refractivity (Wildman–Crippen MR) is 82.3 cm³/mol. The van der Waals surface area contributed by atoms with Gasteiger partial charge >= 0.3 is 6.18 Å². The molecule has 0 saturated carbocycles. The lowest BCUT2D eigenvalue weighted by atomic mass is 10.1. The van der Waals surface area contributed by atoms with Crippen LogP contribution in [0, 0.1) is 5.82 Å². The molecule has 0 atom stereocenters. The largest absolute Gasteiger partial charge is 0.405 e. The molecule has 1 N–H and O–H groups in total. The maximum atomic E-state index is 13.4. The number of nitrogens with zero attached hydrogens (tertiary/aromatic N) is 3. The topological polar surface area (TPSA) is 59.8 Å². The van der Waals surface area contributed by atoms with E-state index in [-0.39, 0.29) is 11.3 Å². The van der Waals surface area contributed by atoms with Gasteiger partial charge in [0, 0.05) is 12.6 Å². The van der Waals surface area contributed by atoms with Gasteiger partial charge in [0.15, 0.2) is 5.65 Å². The van der Waals surface area contributed by atoms with Crippen molar-refractivity contribution in [2.24, 2.45) is 7.05 Å². The molecular formula is C16H12F4N4O. The Hall–Kier alpha value is -2.97. The molecule has 0 bridgehead atoms. The first-order chi connectivity index (χ1) is 11.7. The maximum Gasteiger partial charge on any atom is 0.405 e. The van der Waals surface area contributed by atoms with Crippen molar-refractivity contribution in [2.45, 2.75) is 6.18 Å². The van der Waals surface area contributed by atoms with E-state index < -0.39 is 24.4 Å². The summed E-state index contributed by atoms with van der Waals surface area (Å²) >= 11 is 0. The summed E-state index contributed by atoms with van der Waals surface area (Å²) in [5.41, 5.74) is 0.946. The van der Waals surface area contributed by atoms with Crippen LogP contribution in [0.25, 0.3) is 22.3 Å². The zero-order chi connectivity index (χ0) is 18.2. The molecule has 1 amide bonds. The van der Waals surface area contributed by atoms with Crippen molar-refractivity contribution in [3.8, 4) is 11.3 Å². The van der Waals surface area contributed by atoms with E-state index in [0.717, 1.165) is 0 Å². The lowest BCUT2D eigenvalue weighted by Gasteiger charge is -2.10. The number of nitrogens with one attached hydrogen (secondary N) is 1. The molecule has 0 unspecified atom stereocenters. The molecule has 130 valence electrons. The fourth-order valence-electron chi connectivity index (χ4n) is 2.37. The number of aromatic nitrogens is 3. The third-order valence-electron chi connectivity index (χ3n) is 3.52. The number of aryl methyl sites for hydroxylation is 1. The van der Waals surface area contributed by atoms with Crippen LogP contribution in [0.4, 0.5) is 17.6 Å². The Morgan fingerprint density at radius 2 is 2.04 bits per heavy atom. The molecule has 2 heterocycles. The summed E-state index contributed by atoms with van der Waals surface area (Å²) in [6.07, 6.45) is -3.18. The molecule has 0 saturated heterocycles. The Morgan fingerprint density at radius 3 is 2.72 bits per heavy atom. The summed E-state index contributed by atoms with van der Waals surface area (Å²) in [6, 6.07) is 6.86. The smallest absolute Gasteiger partial charge is 0.343 e. The van der Waals surface area contributed by atoms with Crippen LogP contribution in [-0.2, 0) is 7.05 Å². The summed E-state index contributed by atoms with van der Waals surface area (Å²) in [5, 5.41) is 6.11. The molecule has 0 radical (unpaired) electrons. The maximum absolute atomic E-state index is 13.4. The van der Waals surface area contributed by atoms with E-state index in [2.05, 4.69) is 10.1 Å². The second kappa shape index (κ2) is 6.15. The van der Waals surface area contributed by atoms with E-state index in [4.69, 9.17) is 0 Å². The molecule has 3 rings (SSSR count). The number of pyridine rings is 1. The van der Waals surface area contributed by atoms with Crippen LogP contribution < -0.4 is 5.32 Å². The van der Waals surface area contributed by atoms with Crippen LogP contribution in [0.3, 0.4) is 0 Å². The van der Waals surface area contributed by atoms with Gasteiger partial charge in [-0.25, -0.2) is 9.37 Å². The van der Waals surface area contributed by atoms with E-state index in [0.29, 0.717) is 16.6 Å². The van der Waals surface area contributed by atoms with Gasteiger partial charge in [0.1, 0.15) is 12.4 Å². The average molecular weight is 352 g/mol. The van der Waals surface area contributed by atoms with Crippen molar-refractivity contribution < 1.29 is 22.4 Å². The number of alkyl halides is 3. The second-order valence-corrected chi connectivity index (χ2v) is 5.37. The number of carbonyl (C=O) groups is 1. The zero-order valence-corrected chi connectivity index (χ0v) is 12.9. The van der Waals surface area contributed by atoms with Crippen molar-refractivity contribution in [3.63, 3.8) is 0 Å². The first-order valence-electron chi connectivity index (χ1n) is 7.18. The Labute approximate surface area is 139 Å². The number of rotatable bonds is 3. The fraction of sp³-hybridized carbons (Fsp3) is 0.188. The molecule has 0 aliphatic carbocycles. The molecule has 2 aromatic heterocycles. The Bertz CT molecular complexity index is 949. The van der Waals surface area contributed by atoms with Crippen LogP contribution >= 0.6 is 0 Å². The fourth-order valence-corrected chi connectivity index (χ4v) is 2.37. The third kappa shape index (κ3) is 3.59. The molecule has 1 aromatic carbocycles. The highest BCUT2D eigenvalue weighted by Gasteiger charge is 2.28. The van der Waals surface area contributed by atoms with E-state index >= 15 is 0 Å². The molecule has 3 aromatic rings. The normalized spacial score (nSPS) is 11.7. The number of hydrogen-bond donors (Lipinski definition) is 1. The number of amides is 1. The van der Waals surface area contributed by atoms with Gasteiger partial charge in [0.2, 0.25) is 0 Å². The first-order valence-corrected chi connectivity index (χ1v) is 7.18.